The molecule has 1 heterocycles. The second-order valence-corrected chi connectivity index (χ2v) is 4.08. The van der Waals surface area contributed by atoms with E-state index in [1.54, 1.807) is 20.0 Å². The van der Waals surface area contributed by atoms with Gasteiger partial charge in [0.15, 0.2) is 0 Å². The first-order valence-corrected chi connectivity index (χ1v) is 5.42. The maximum absolute atomic E-state index is 13.5. The molecule has 0 spiro atoms. The number of ether oxygens (including phenoxy) is 1. The number of halogens is 1. The molecule has 0 unspecified atom stereocenters. The summed E-state index contributed by atoms with van der Waals surface area (Å²) >= 11 is 0. The van der Waals surface area contributed by atoms with Gasteiger partial charge in [-0.3, -0.25) is 9.78 Å². The minimum Gasteiger partial charge on any atom is -0.466 e. The summed E-state index contributed by atoms with van der Waals surface area (Å²) in [5.41, 5.74) is 1.18. The van der Waals surface area contributed by atoms with Crippen LogP contribution in [0.1, 0.15) is 30.5 Å². The molecule has 0 aromatic carbocycles. The smallest absolute Gasteiger partial charge is 0.309 e. The van der Waals surface area contributed by atoms with Crippen molar-refractivity contribution in [3.63, 3.8) is 0 Å². The molecule has 1 aromatic heterocycles. The lowest BCUT2D eigenvalue weighted by Crippen LogP contribution is -2.08. The van der Waals surface area contributed by atoms with Crippen molar-refractivity contribution in [3.05, 3.63) is 29.3 Å². The zero-order chi connectivity index (χ0) is 11.7. The molecule has 1 aromatic rings. The summed E-state index contributed by atoms with van der Waals surface area (Å²) in [6, 6.07) is 1.45. The molecule has 1 aliphatic carbocycles. The Labute approximate surface area is 93.6 Å². The topological polar surface area (TPSA) is 39.2 Å². The van der Waals surface area contributed by atoms with Gasteiger partial charge in [-0.25, -0.2) is 4.39 Å². The Morgan fingerprint density at radius 3 is 3.06 bits per heavy atom. The van der Waals surface area contributed by atoms with Gasteiger partial charge >= 0.3 is 5.97 Å². The maximum Gasteiger partial charge on any atom is 0.309 e. The third kappa shape index (κ3) is 2.05. The molecule has 0 bridgehead atoms. The van der Waals surface area contributed by atoms with E-state index in [4.69, 9.17) is 4.74 Å². The van der Waals surface area contributed by atoms with E-state index in [2.05, 4.69) is 4.98 Å². The van der Waals surface area contributed by atoms with E-state index in [1.807, 2.05) is 0 Å². The summed E-state index contributed by atoms with van der Waals surface area (Å²) in [4.78, 5) is 15.4. The minimum absolute atomic E-state index is 0.0975. The van der Waals surface area contributed by atoms with Gasteiger partial charge in [0.1, 0.15) is 5.82 Å². The zero-order valence-electron chi connectivity index (χ0n) is 9.37. The third-order valence-corrected chi connectivity index (χ3v) is 2.74. The van der Waals surface area contributed by atoms with Gasteiger partial charge in [-0.05, 0) is 31.9 Å². The number of hydrogen-bond donors (Lipinski definition) is 0. The Bertz CT molecular complexity index is 419. The number of aryl methyl sites for hydroxylation is 1. The van der Waals surface area contributed by atoms with E-state index in [0.29, 0.717) is 18.7 Å². The van der Waals surface area contributed by atoms with Gasteiger partial charge in [0.2, 0.25) is 0 Å². The zero-order valence-corrected chi connectivity index (χ0v) is 9.37. The molecular formula is C12H14FNO2. The summed E-state index contributed by atoms with van der Waals surface area (Å²) in [5, 5.41) is 0. The first-order chi connectivity index (χ1) is 7.63. The number of esters is 1. The van der Waals surface area contributed by atoms with Crippen LogP contribution in [-0.2, 0) is 9.53 Å². The molecule has 2 atom stereocenters. The van der Waals surface area contributed by atoms with Crippen molar-refractivity contribution < 1.29 is 13.9 Å². The summed E-state index contributed by atoms with van der Waals surface area (Å²) in [5.74, 6) is -0.865. The number of pyridine rings is 1. The SMILES string of the molecule is CCOC(=O)[C@H]1C[C@H]1c1ncc(C)cc1F. The highest BCUT2D eigenvalue weighted by atomic mass is 19.1. The van der Waals surface area contributed by atoms with Crippen molar-refractivity contribution in [1.29, 1.82) is 0 Å². The molecule has 1 aliphatic rings. The predicted molar refractivity (Wildman–Crippen MR) is 56.4 cm³/mol. The van der Waals surface area contributed by atoms with Crippen molar-refractivity contribution in [1.82, 2.24) is 4.98 Å². The highest BCUT2D eigenvalue weighted by molar-refractivity contribution is 5.77. The van der Waals surface area contributed by atoms with E-state index in [9.17, 15) is 9.18 Å². The molecule has 0 amide bonds. The van der Waals surface area contributed by atoms with E-state index in [-0.39, 0.29) is 23.6 Å². The van der Waals surface area contributed by atoms with E-state index >= 15 is 0 Å². The molecule has 0 saturated heterocycles. The molecule has 2 rings (SSSR count). The van der Waals surface area contributed by atoms with Crippen LogP contribution < -0.4 is 0 Å². The summed E-state index contributed by atoms with van der Waals surface area (Å²) in [7, 11) is 0. The van der Waals surface area contributed by atoms with Crippen molar-refractivity contribution in [2.75, 3.05) is 6.61 Å². The van der Waals surface area contributed by atoms with Gasteiger partial charge in [-0.1, -0.05) is 0 Å². The van der Waals surface area contributed by atoms with Crippen molar-refractivity contribution in [2.24, 2.45) is 5.92 Å². The number of carbonyl (C=O) groups is 1. The Balaban J connectivity index is 2.08. The Morgan fingerprint density at radius 1 is 1.69 bits per heavy atom. The van der Waals surface area contributed by atoms with E-state index in [1.165, 1.54) is 6.07 Å². The van der Waals surface area contributed by atoms with Crippen LogP contribution in [0.4, 0.5) is 4.39 Å². The standard InChI is InChI=1S/C12H14FNO2/c1-3-16-12(15)9-5-8(9)11-10(13)4-7(2)6-14-11/h4,6,8-9H,3,5H2,1-2H3/t8-,9+/m1/s1. The molecule has 86 valence electrons. The van der Waals surface area contributed by atoms with Crippen LogP contribution in [-0.4, -0.2) is 17.6 Å². The fourth-order valence-electron chi connectivity index (χ4n) is 1.82. The van der Waals surface area contributed by atoms with Gasteiger partial charge in [-0.15, -0.1) is 0 Å². The van der Waals surface area contributed by atoms with Crippen molar-refractivity contribution >= 4 is 5.97 Å². The van der Waals surface area contributed by atoms with Crippen LogP contribution >= 0.6 is 0 Å². The number of hydrogen-bond acceptors (Lipinski definition) is 3. The molecule has 1 saturated carbocycles. The minimum atomic E-state index is -0.322. The van der Waals surface area contributed by atoms with Crippen LogP contribution in [0.5, 0.6) is 0 Å². The molecule has 0 radical (unpaired) electrons. The third-order valence-electron chi connectivity index (χ3n) is 2.74. The summed E-state index contributed by atoms with van der Waals surface area (Å²) < 4.78 is 18.4. The maximum atomic E-state index is 13.5. The van der Waals surface area contributed by atoms with Crippen LogP contribution in [0.25, 0.3) is 0 Å². The van der Waals surface area contributed by atoms with Crippen LogP contribution in [0, 0.1) is 18.7 Å². The summed E-state index contributed by atoms with van der Waals surface area (Å²) in [6.45, 7) is 3.92. The van der Waals surface area contributed by atoms with Crippen LogP contribution in [0.3, 0.4) is 0 Å². The quantitative estimate of drug-likeness (QED) is 0.737. The fourth-order valence-corrected chi connectivity index (χ4v) is 1.82. The number of nitrogens with zero attached hydrogens (tertiary/aromatic N) is 1. The number of carbonyl (C=O) groups excluding carboxylic acids is 1. The molecular weight excluding hydrogens is 209 g/mol. The van der Waals surface area contributed by atoms with E-state index in [0.717, 1.165) is 5.56 Å². The second-order valence-electron chi connectivity index (χ2n) is 4.08. The average molecular weight is 223 g/mol. The molecule has 3 nitrogen and oxygen atoms in total. The molecule has 0 N–H and O–H groups in total. The van der Waals surface area contributed by atoms with Gasteiger partial charge < -0.3 is 4.74 Å². The van der Waals surface area contributed by atoms with Crippen LogP contribution in [0.2, 0.25) is 0 Å². The molecule has 16 heavy (non-hydrogen) atoms. The lowest BCUT2D eigenvalue weighted by molar-refractivity contribution is -0.144. The second kappa shape index (κ2) is 4.20. The predicted octanol–water partition coefficient (Wildman–Crippen LogP) is 2.20. The Hall–Kier alpha value is -1.45. The lowest BCUT2D eigenvalue weighted by atomic mass is 10.2. The molecule has 0 aliphatic heterocycles. The number of rotatable bonds is 3. The fraction of sp³-hybridized carbons (Fsp3) is 0.500. The van der Waals surface area contributed by atoms with Crippen molar-refractivity contribution in [2.45, 2.75) is 26.2 Å². The highest BCUT2D eigenvalue weighted by Crippen LogP contribution is 2.48. The van der Waals surface area contributed by atoms with Crippen molar-refractivity contribution in [3.8, 4) is 0 Å². The first kappa shape index (κ1) is 11.0. The number of aromatic nitrogens is 1. The first-order valence-electron chi connectivity index (χ1n) is 5.42. The normalized spacial score (nSPS) is 22.9. The average Bonchev–Trinajstić information content (AvgIpc) is 2.98. The largest absolute Gasteiger partial charge is 0.466 e. The van der Waals surface area contributed by atoms with Gasteiger partial charge in [-0.2, -0.15) is 0 Å². The van der Waals surface area contributed by atoms with Gasteiger partial charge in [0.25, 0.3) is 0 Å². The molecule has 4 heteroatoms. The summed E-state index contributed by atoms with van der Waals surface area (Å²) in [6.07, 6.45) is 2.27. The van der Waals surface area contributed by atoms with Crippen LogP contribution in [0.15, 0.2) is 12.3 Å². The monoisotopic (exact) mass is 223 g/mol. The van der Waals surface area contributed by atoms with Gasteiger partial charge in [0, 0.05) is 12.1 Å². The Kier molecular flexibility index (Phi) is 2.90. The van der Waals surface area contributed by atoms with Gasteiger partial charge in [0.05, 0.1) is 18.2 Å². The highest BCUT2D eigenvalue weighted by Gasteiger charge is 2.47. The molecule has 1 fully saturated rings. The van der Waals surface area contributed by atoms with E-state index < -0.39 is 0 Å². The lowest BCUT2D eigenvalue weighted by Gasteiger charge is -2.02. The Morgan fingerprint density at radius 2 is 2.44 bits per heavy atom.